The zero-order chi connectivity index (χ0) is 28.4. The van der Waals surface area contributed by atoms with Gasteiger partial charge < -0.3 is 29.4 Å². The molecule has 40 heavy (non-hydrogen) atoms. The molecule has 5 rings (SSSR count). The molecule has 4 heterocycles. The Morgan fingerprint density at radius 3 is 2.55 bits per heavy atom. The van der Waals surface area contributed by atoms with E-state index in [-0.39, 0.29) is 24.1 Å². The third-order valence-corrected chi connectivity index (χ3v) is 7.64. The number of nitrogens with one attached hydrogen (secondary N) is 2. The van der Waals surface area contributed by atoms with Gasteiger partial charge in [0.25, 0.3) is 11.5 Å². The number of rotatable bonds is 8. The van der Waals surface area contributed by atoms with Crippen LogP contribution in [-0.4, -0.2) is 65.7 Å². The maximum absolute atomic E-state index is 13.6. The standard InChI is InChI=1S/C31H38N6O3/c1-20(2)37-9-8-25-26(30(38)33-18-27-24(19-40-5)14-21(3)34-31(27)39)15-23(16-28(25)37)22-6-7-29(32-17-22)36-12-10-35(4)11-13-36/h6-9,14-17,20H,10-13,18-19H2,1-5H3,(H,33,38)(H,34,39). The number of hydrogen-bond donors (Lipinski definition) is 2. The number of fused-ring (bicyclic) bond motifs is 1. The number of anilines is 1. The Labute approximate surface area is 234 Å². The van der Waals surface area contributed by atoms with E-state index in [0.29, 0.717) is 17.7 Å². The van der Waals surface area contributed by atoms with Gasteiger partial charge in [0.15, 0.2) is 0 Å². The van der Waals surface area contributed by atoms with Gasteiger partial charge in [-0.2, -0.15) is 0 Å². The fourth-order valence-corrected chi connectivity index (χ4v) is 5.37. The number of aromatic amines is 1. The molecule has 1 fully saturated rings. The van der Waals surface area contributed by atoms with Crippen LogP contribution >= 0.6 is 0 Å². The molecular weight excluding hydrogens is 504 g/mol. The fraction of sp³-hybridized carbons (Fsp3) is 0.387. The number of piperazine rings is 1. The first-order valence-corrected chi connectivity index (χ1v) is 13.8. The lowest BCUT2D eigenvalue weighted by Gasteiger charge is -2.33. The topological polar surface area (TPSA) is 95.5 Å². The van der Waals surface area contributed by atoms with Gasteiger partial charge in [0.05, 0.1) is 6.61 Å². The van der Waals surface area contributed by atoms with Gasteiger partial charge in [-0.15, -0.1) is 0 Å². The molecule has 2 N–H and O–H groups in total. The molecule has 3 aromatic heterocycles. The first-order valence-electron chi connectivity index (χ1n) is 13.8. The Hall–Kier alpha value is -3.95. The summed E-state index contributed by atoms with van der Waals surface area (Å²) >= 11 is 0. The van der Waals surface area contributed by atoms with E-state index in [2.05, 4.69) is 63.8 Å². The molecule has 4 aromatic rings. The number of methoxy groups -OCH3 is 1. The lowest BCUT2D eigenvalue weighted by Crippen LogP contribution is -2.44. The van der Waals surface area contributed by atoms with Gasteiger partial charge in [0.1, 0.15) is 5.82 Å². The minimum absolute atomic E-state index is 0.102. The summed E-state index contributed by atoms with van der Waals surface area (Å²) in [6.07, 6.45) is 3.91. The number of hydrogen-bond acceptors (Lipinski definition) is 6. The Balaban J connectivity index is 1.47. The molecule has 1 aliphatic heterocycles. The number of ether oxygens (including phenoxy) is 1. The van der Waals surface area contributed by atoms with Crippen molar-refractivity contribution in [2.24, 2.45) is 0 Å². The number of carbonyl (C=O) groups excluding carboxylic acids is 1. The zero-order valence-corrected chi connectivity index (χ0v) is 24.0. The van der Waals surface area contributed by atoms with E-state index >= 15 is 0 Å². The molecule has 1 saturated heterocycles. The maximum atomic E-state index is 13.6. The van der Waals surface area contributed by atoms with Crippen molar-refractivity contribution in [2.75, 3.05) is 45.2 Å². The zero-order valence-electron chi connectivity index (χ0n) is 24.0. The monoisotopic (exact) mass is 542 g/mol. The normalized spacial score (nSPS) is 14.3. The predicted molar refractivity (Wildman–Crippen MR) is 159 cm³/mol. The number of carbonyl (C=O) groups is 1. The summed E-state index contributed by atoms with van der Waals surface area (Å²) in [5, 5.41) is 3.86. The summed E-state index contributed by atoms with van der Waals surface area (Å²) in [6.45, 7) is 10.4. The van der Waals surface area contributed by atoms with Crippen molar-refractivity contribution in [1.82, 2.24) is 24.8 Å². The second-order valence-corrected chi connectivity index (χ2v) is 10.9. The van der Waals surface area contributed by atoms with Crippen LogP contribution in [0.1, 0.15) is 47.1 Å². The number of benzene rings is 1. The quantitative estimate of drug-likeness (QED) is 0.348. The van der Waals surface area contributed by atoms with Crippen molar-refractivity contribution in [2.45, 2.75) is 40.0 Å². The Morgan fingerprint density at radius 2 is 1.88 bits per heavy atom. The molecule has 9 heteroatoms. The smallest absolute Gasteiger partial charge is 0.253 e. The molecule has 0 aliphatic carbocycles. The van der Waals surface area contributed by atoms with Crippen LogP contribution in [0, 0.1) is 6.92 Å². The van der Waals surface area contributed by atoms with Crippen LogP contribution in [0.5, 0.6) is 0 Å². The molecule has 0 radical (unpaired) electrons. The van der Waals surface area contributed by atoms with Gasteiger partial charge in [-0.05, 0) is 75.3 Å². The van der Waals surface area contributed by atoms with E-state index in [0.717, 1.165) is 65.3 Å². The van der Waals surface area contributed by atoms with E-state index in [4.69, 9.17) is 9.72 Å². The van der Waals surface area contributed by atoms with Crippen molar-refractivity contribution >= 4 is 22.6 Å². The van der Waals surface area contributed by atoms with Gasteiger partial charge in [-0.1, -0.05) is 0 Å². The summed E-state index contributed by atoms with van der Waals surface area (Å²) < 4.78 is 7.46. The number of aryl methyl sites for hydroxylation is 1. The average Bonchev–Trinajstić information content (AvgIpc) is 3.37. The largest absolute Gasteiger partial charge is 0.380 e. The Kier molecular flexibility index (Phi) is 8.04. The van der Waals surface area contributed by atoms with Gasteiger partial charge in [-0.25, -0.2) is 4.98 Å². The predicted octanol–water partition coefficient (Wildman–Crippen LogP) is 4.11. The lowest BCUT2D eigenvalue weighted by molar-refractivity contribution is 0.0952. The van der Waals surface area contributed by atoms with E-state index in [1.165, 1.54) is 0 Å². The molecule has 1 aliphatic rings. The third-order valence-electron chi connectivity index (χ3n) is 7.64. The van der Waals surface area contributed by atoms with Crippen LogP contribution in [-0.2, 0) is 17.9 Å². The average molecular weight is 543 g/mol. The second-order valence-electron chi connectivity index (χ2n) is 10.9. The summed E-state index contributed by atoms with van der Waals surface area (Å²) in [5.74, 6) is 0.732. The number of pyridine rings is 2. The van der Waals surface area contributed by atoms with Crippen LogP contribution in [0.2, 0.25) is 0 Å². The van der Waals surface area contributed by atoms with E-state index < -0.39 is 0 Å². The summed E-state index contributed by atoms with van der Waals surface area (Å²) in [5.41, 5.74) is 5.21. The van der Waals surface area contributed by atoms with Gasteiger partial charge in [0, 0.05) is 91.6 Å². The Morgan fingerprint density at radius 1 is 1.10 bits per heavy atom. The molecule has 9 nitrogen and oxygen atoms in total. The lowest BCUT2D eigenvalue weighted by atomic mass is 10.00. The first-order chi connectivity index (χ1) is 19.2. The number of likely N-dealkylation sites (N-methyl/N-ethyl adjacent to an activating group) is 1. The van der Waals surface area contributed by atoms with Crippen molar-refractivity contribution in [1.29, 1.82) is 0 Å². The molecule has 0 unspecified atom stereocenters. The highest BCUT2D eigenvalue weighted by Gasteiger charge is 2.19. The van der Waals surface area contributed by atoms with Crippen molar-refractivity contribution < 1.29 is 9.53 Å². The van der Waals surface area contributed by atoms with Crippen LogP contribution in [0.3, 0.4) is 0 Å². The highest BCUT2D eigenvalue weighted by Crippen LogP contribution is 2.31. The maximum Gasteiger partial charge on any atom is 0.253 e. The summed E-state index contributed by atoms with van der Waals surface area (Å²) in [4.78, 5) is 38.6. The van der Waals surface area contributed by atoms with Crippen molar-refractivity contribution in [3.63, 3.8) is 0 Å². The summed E-state index contributed by atoms with van der Waals surface area (Å²) in [7, 11) is 3.73. The van der Waals surface area contributed by atoms with Crippen molar-refractivity contribution in [3.8, 4) is 11.1 Å². The minimum atomic E-state index is -0.237. The van der Waals surface area contributed by atoms with Crippen LogP contribution in [0.4, 0.5) is 5.82 Å². The van der Waals surface area contributed by atoms with E-state index in [9.17, 15) is 9.59 Å². The highest BCUT2D eigenvalue weighted by molar-refractivity contribution is 6.08. The first kappa shape index (κ1) is 27.6. The van der Waals surface area contributed by atoms with Gasteiger partial charge in [-0.3, -0.25) is 9.59 Å². The molecule has 0 atom stereocenters. The molecule has 0 spiro atoms. The fourth-order valence-electron chi connectivity index (χ4n) is 5.37. The number of H-pyrrole nitrogens is 1. The third kappa shape index (κ3) is 5.66. The SMILES string of the molecule is COCc1cc(C)[nH]c(=O)c1CNC(=O)c1cc(-c2ccc(N3CCN(C)CC3)nc2)cc2c1ccn2C(C)C. The molecule has 1 aromatic carbocycles. The van der Waals surface area contributed by atoms with Gasteiger partial charge in [0.2, 0.25) is 0 Å². The van der Waals surface area contributed by atoms with E-state index in [1.807, 2.05) is 37.5 Å². The minimum Gasteiger partial charge on any atom is -0.380 e. The molecule has 0 saturated carbocycles. The molecule has 1 amide bonds. The molecule has 0 bridgehead atoms. The van der Waals surface area contributed by atoms with Gasteiger partial charge >= 0.3 is 0 Å². The van der Waals surface area contributed by atoms with Crippen LogP contribution < -0.4 is 15.8 Å². The highest BCUT2D eigenvalue weighted by atomic mass is 16.5. The number of nitrogens with zero attached hydrogens (tertiary/aromatic N) is 4. The summed E-state index contributed by atoms with van der Waals surface area (Å²) in [6, 6.07) is 12.3. The number of aromatic nitrogens is 3. The second kappa shape index (κ2) is 11.7. The van der Waals surface area contributed by atoms with E-state index in [1.54, 1.807) is 7.11 Å². The Bertz CT molecular complexity index is 1560. The van der Waals surface area contributed by atoms with Crippen molar-refractivity contribution in [3.05, 3.63) is 81.5 Å². The van der Waals surface area contributed by atoms with Crippen LogP contribution in [0.15, 0.2) is 53.6 Å². The molecule has 210 valence electrons. The molecular formula is C31H38N6O3. The van der Waals surface area contributed by atoms with Crippen LogP contribution in [0.25, 0.3) is 22.0 Å². The number of amides is 1.